The summed E-state index contributed by atoms with van der Waals surface area (Å²) >= 11 is 0. The van der Waals surface area contributed by atoms with Crippen molar-refractivity contribution in [2.24, 2.45) is 5.92 Å². The average molecular weight is 297 g/mol. The molecule has 0 radical (unpaired) electrons. The van der Waals surface area contributed by atoms with E-state index in [4.69, 9.17) is 0 Å². The first kappa shape index (κ1) is 16.2. The maximum Gasteiger partial charge on any atom is 0.228 e. The molecule has 3 nitrogen and oxygen atoms in total. The van der Waals surface area contributed by atoms with Gasteiger partial charge in [0, 0.05) is 20.5 Å². The van der Waals surface area contributed by atoms with Gasteiger partial charge in [-0.25, -0.2) is 0 Å². The molecule has 116 valence electrons. The van der Waals surface area contributed by atoms with Gasteiger partial charge in [0.15, 0.2) is 0 Å². The van der Waals surface area contributed by atoms with Gasteiger partial charge in [-0.05, 0) is 11.1 Å². The third-order valence-corrected chi connectivity index (χ3v) is 4.12. The molecule has 1 N–H and O–H groups in total. The van der Waals surface area contributed by atoms with Crippen molar-refractivity contribution in [2.45, 2.75) is 18.9 Å². The molecule has 2 atom stereocenters. The second-order valence-electron chi connectivity index (χ2n) is 5.91. The van der Waals surface area contributed by atoms with Gasteiger partial charge in [-0.2, -0.15) is 0 Å². The van der Waals surface area contributed by atoms with Crippen molar-refractivity contribution in [3.05, 3.63) is 71.8 Å². The van der Waals surface area contributed by atoms with Crippen LogP contribution in [0.25, 0.3) is 0 Å². The number of carbonyl (C=O) groups excluding carboxylic acids is 1. The lowest BCUT2D eigenvalue weighted by atomic mass is 9.77. The Kier molecular flexibility index (Phi) is 4.99. The number of rotatable bonds is 5. The molecule has 0 bridgehead atoms. The zero-order valence-electron chi connectivity index (χ0n) is 13.4. The van der Waals surface area contributed by atoms with Crippen molar-refractivity contribution in [1.82, 2.24) is 4.90 Å². The van der Waals surface area contributed by atoms with Gasteiger partial charge in [-0.1, -0.05) is 67.6 Å². The summed E-state index contributed by atoms with van der Waals surface area (Å²) in [6, 6.07) is 19.2. The van der Waals surface area contributed by atoms with Gasteiger partial charge >= 0.3 is 0 Å². The van der Waals surface area contributed by atoms with Crippen LogP contribution in [0.2, 0.25) is 0 Å². The molecule has 1 amide bonds. The van der Waals surface area contributed by atoms with Crippen LogP contribution in [0.3, 0.4) is 0 Å². The summed E-state index contributed by atoms with van der Waals surface area (Å²) in [6.07, 6.45) is 0.401. The largest absolute Gasteiger partial charge is 0.384 e. The number of benzene rings is 2. The highest BCUT2D eigenvalue weighted by atomic mass is 16.3. The number of amides is 1. The summed E-state index contributed by atoms with van der Waals surface area (Å²) in [7, 11) is 3.43. The van der Waals surface area contributed by atoms with Gasteiger partial charge in [-0.15, -0.1) is 0 Å². The number of nitrogens with zero attached hydrogens (tertiary/aromatic N) is 1. The van der Waals surface area contributed by atoms with Gasteiger partial charge < -0.3 is 10.0 Å². The average Bonchev–Trinajstić information content (AvgIpc) is 2.55. The Morgan fingerprint density at radius 3 is 2.05 bits per heavy atom. The molecule has 0 aliphatic heterocycles. The van der Waals surface area contributed by atoms with Crippen LogP contribution in [0.15, 0.2) is 60.7 Å². The van der Waals surface area contributed by atoms with Crippen molar-refractivity contribution < 1.29 is 9.90 Å². The SMILES string of the molecule is C[C@@H](C(=O)N(C)C)[C@](O)(Cc1ccccc1)c1ccccc1. The van der Waals surface area contributed by atoms with E-state index in [2.05, 4.69) is 0 Å². The van der Waals surface area contributed by atoms with E-state index in [1.165, 1.54) is 4.90 Å². The fourth-order valence-corrected chi connectivity index (χ4v) is 2.73. The van der Waals surface area contributed by atoms with E-state index in [9.17, 15) is 9.90 Å². The molecule has 0 saturated heterocycles. The number of hydrogen-bond acceptors (Lipinski definition) is 2. The minimum absolute atomic E-state index is 0.0812. The van der Waals surface area contributed by atoms with E-state index in [1.807, 2.05) is 60.7 Å². The van der Waals surface area contributed by atoms with E-state index in [0.717, 1.165) is 11.1 Å². The lowest BCUT2D eigenvalue weighted by Gasteiger charge is -2.35. The molecule has 2 aromatic rings. The van der Waals surface area contributed by atoms with Gasteiger partial charge in [0.1, 0.15) is 5.60 Å². The van der Waals surface area contributed by atoms with Crippen LogP contribution < -0.4 is 0 Å². The molecular formula is C19H23NO2. The summed E-state index contributed by atoms with van der Waals surface area (Å²) in [5.74, 6) is -0.618. The molecule has 0 spiro atoms. The maximum absolute atomic E-state index is 12.4. The summed E-state index contributed by atoms with van der Waals surface area (Å²) in [5, 5.41) is 11.4. The summed E-state index contributed by atoms with van der Waals surface area (Å²) in [5.41, 5.74) is 0.540. The molecule has 2 aromatic carbocycles. The quantitative estimate of drug-likeness (QED) is 0.922. The highest BCUT2D eigenvalue weighted by molar-refractivity contribution is 5.79. The monoisotopic (exact) mass is 297 g/mol. The Hall–Kier alpha value is -2.13. The minimum atomic E-state index is -1.23. The molecule has 22 heavy (non-hydrogen) atoms. The van der Waals surface area contributed by atoms with Crippen molar-refractivity contribution in [2.75, 3.05) is 14.1 Å². The first-order valence-corrected chi connectivity index (χ1v) is 7.48. The summed E-state index contributed by atoms with van der Waals surface area (Å²) < 4.78 is 0. The molecule has 0 aromatic heterocycles. The van der Waals surface area contributed by atoms with Crippen molar-refractivity contribution >= 4 is 5.91 Å². The smallest absolute Gasteiger partial charge is 0.228 e. The molecule has 2 rings (SSSR count). The molecular weight excluding hydrogens is 274 g/mol. The van der Waals surface area contributed by atoms with Crippen LogP contribution in [-0.2, 0) is 16.8 Å². The van der Waals surface area contributed by atoms with Crippen LogP contribution in [0.4, 0.5) is 0 Å². The number of hydrogen-bond donors (Lipinski definition) is 1. The van der Waals surface area contributed by atoms with Crippen LogP contribution in [-0.4, -0.2) is 30.0 Å². The van der Waals surface area contributed by atoms with E-state index in [-0.39, 0.29) is 5.91 Å². The molecule has 0 aliphatic rings. The number of carbonyl (C=O) groups is 1. The Bertz CT molecular complexity index is 610. The van der Waals surface area contributed by atoms with Crippen molar-refractivity contribution in [3.63, 3.8) is 0 Å². The minimum Gasteiger partial charge on any atom is -0.384 e. The van der Waals surface area contributed by atoms with Crippen molar-refractivity contribution in [3.8, 4) is 0 Å². The van der Waals surface area contributed by atoms with Gasteiger partial charge in [0.25, 0.3) is 0 Å². The van der Waals surface area contributed by atoms with Gasteiger partial charge in [0.05, 0.1) is 5.92 Å². The second kappa shape index (κ2) is 6.75. The maximum atomic E-state index is 12.4. The normalized spacial score (nSPS) is 14.9. The van der Waals surface area contributed by atoms with E-state index in [0.29, 0.717) is 6.42 Å². The Morgan fingerprint density at radius 1 is 1.05 bits per heavy atom. The fourth-order valence-electron chi connectivity index (χ4n) is 2.73. The van der Waals surface area contributed by atoms with E-state index >= 15 is 0 Å². The predicted molar refractivity (Wildman–Crippen MR) is 88.3 cm³/mol. The second-order valence-corrected chi connectivity index (χ2v) is 5.91. The van der Waals surface area contributed by atoms with E-state index in [1.54, 1.807) is 21.0 Å². The van der Waals surface area contributed by atoms with Crippen LogP contribution in [0.5, 0.6) is 0 Å². The molecule has 3 heteroatoms. The van der Waals surface area contributed by atoms with E-state index < -0.39 is 11.5 Å². The van der Waals surface area contributed by atoms with Gasteiger partial charge in [0.2, 0.25) is 5.91 Å². The Morgan fingerprint density at radius 2 is 1.55 bits per heavy atom. The van der Waals surface area contributed by atoms with Crippen LogP contribution >= 0.6 is 0 Å². The third kappa shape index (κ3) is 3.37. The molecule has 0 heterocycles. The third-order valence-electron chi connectivity index (χ3n) is 4.12. The van der Waals surface area contributed by atoms with Crippen LogP contribution in [0, 0.1) is 5.92 Å². The number of aliphatic hydroxyl groups is 1. The molecule has 0 saturated carbocycles. The Balaban J connectivity index is 2.42. The first-order chi connectivity index (χ1) is 10.4. The van der Waals surface area contributed by atoms with Crippen LogP contribution in [0.1, 0.15) is 18.1 Å². The molecule has 0 unspecified atom stereocenters. The zero-order valence-corrected chi connectivity index (χ0v) is 13.4. The van der Waals surface area contributed by atoms with Crippen molar-refractivity contribution in [1.29, 1.82) is 0 Å². The summed E-state index contributed by atoms with van der Waals surface area (Å²) in [6.45, 7) is 1.79. The lowest BCUT2D eigenvalue weighted by Crippen LogP contribution is -2.44. The standard InChI is InChI=1S/C19H23NO2/c1-15(18(21)20(2)3)19(22,17-12-8-5-9-13-17)14-16-10-6-4-7-11-16/h4-13,15,22H,14H2,1-3H3/t15-,19+/m0/s1. The lowest BCUT2D eigenvalue weighted by molar-refractivity contribution is -0.142. The summed E-state index contributed by atoms with van der Waals surface area (Å²) in [4.78, 5) is 14.0. The Labute approximate surface area is 132 Å². The highest BCUT2D eigenvalue weighted by Crippen LogP contribution is 2.34. The first-order valence-electron chi connectivity index (χ1n) is 7.48. The highest BCUT2D eigenvalue weighted by Gasteiger charge is 2.40. The van der Waals surface area contributed by atoms with Gasteiger partial charge in [-0.3, -0.25) is 4.79 Å². The fraction of sp³-hybridized carbons (Fsp3) is 0.316. The predicted octanol–water partition coefficient (Wildman–Crippen LogP) is 2.84. The molecule has 0 fully saturated rings. The topological polar surface area (TPSA) is 40.5 Å². The molecule has 0 aliphatic carbocycles. The zero-order chi connectivity index (χ0) is 16.2.